The van der Waals surface area contributed by atoms with Crippen LogP contribution >= 0.6 is 11.3 Å². The van der Waals surface area contributed by atoms with Crippen LogP contribution < -0.4 is 14.8 Å². The van der Waals surface area contributed by atoms with Gasteiger partial charge in [-0.3, -0.25) is 20.2 Å². The molecule has 3 rings (SSSR count). The van der Waals surface area contributed by atoms with E-state index in [4.69, 9.17) is 9.47 Å². The van der Waals surface area contributed by atoms with E-state index in [2.05, 4.69) is 10.3 Å². The van der Waals surface area contributed by atoms with E-state index >= 15 is 0 Å². The van der Waals surface area contributed by atoms with E-state index in [0.29, 0.717) is 26.7 Å². The van der Waals surface area contributed by atoms with Gasteiger partial charge in [0.25, 0.3) is 11.6 Å². The van der Waals surface area contributed by atoms with Gasteiger partial charge < -0.3 is 9.47 Å². The van der Waals surface area contributed by atoms with Gasteiger partial charge in [-0.15, -0.1) is 0 Å². The summed E-state index contributed by atoms with van der Waals surface area (Å²) in [4.78, 5) is 27.4. The zero-order chi connectivity index (χ0) is 18.8. The van der Waals surface area contributed by atoms with Crippen LogP contribution in [0.3, 0.4) is 0 Å². The number of non-ortho nitro benzene ring substituents is 1. The van der Waals surface area contributed by atoms with E-state index in [9.17, 15) is 14.9 Å². The minimum absolute atomic E-state index is 0.101. The highest BCUT2D eigenvalue weighted by molar-refractivity contribution is 7.22. The van der Waals surface area contributed by atoms with Crippen LogP contribution in [0.25, 0.3) is 10.2 Å². The number of benzene rings is 2. The summed E-state index contributed by atoms with van der Waals surface area (Å²) in [5.74, 6) is 0.386. The number of amides is 1. The van der Waals surface area contributed by atoms with E-state index in [1.54, 1.807) is 12.1 Å². The monoisotopic (exact) mass is 373 g/mol. The smallest absolute Gasteiger partial charge is 0.274 e. The van der Waals surface area contributed by atoms with Crippen molar-refractivity contribution in [1.82, 2.24) is 4.98 Å². The highest BCUT2D eigenvalue weighted by atomic mass is 32.1. The van der Waals surface area contributed by atoms with Gasteiger partial charge in [-0.1, -0.05) is 23.5 Å². The van der Waals surface area contributed by atoms with Crippen molar-refractivity contribution >= 4 is 38.3 Å². The molecule has 9 heteroatoms. The molecule has 26 heavy (non-hydrogen) atoms. The summed E-state index contributed by atoms with van der Waals surface area (Å²) in [6, 6.07) is 7.96. The zero-order valence-electron chi connectivity index (χ0n) is 14.2. The van der Waals surface area contributed by atoms with Crippen molar-refractivity contribution in [2.24, 2.45) is 0 Å². The Kier molecular flexibility index (Phi) is 4.72. The molecule has 1 heterocycles. The first-order chi connectivity index (χ1) is 12.4. The van der Waals surface area contributed by atoms with Crippen molar-refractivity contribution in [3.8, 4) is 11.5 Å². The van der Waals surface area contributed by atoms with Gasteiger partial charge in [-0.25, -0.2) is 4.98 Å². The summed E-state index contributed by atoms with van der Waals surface area (Å²) in [6.07, 6.45) is 0. The lowest BCUT2D eigenvalue weighted by atomic mass is 10.1. The summed E-state index contributed by atoms with van der Waals surface area (Å²) in [5, 5.41) is 14.1. The summed E-state index contributed by atoms with van der Waals surface area (Å²) in [6.45, 7) is 1.84. The third-order valence-corrected chi connectivity index (χ3v) is 4.67. The fourth-order valence-electron chi connectivity index (χ4n) is 2.57. The summed E-state index contributed by atoms with van der Waals surface area (Å²) in [7, 11) is 2.91. The van der Waals surface area contributed by atoms with Crippen molar-refractivity contribution < 1.29 is 19.2 Å². The Bertz CT molecular complexity index is 1020. The molecule has 134 valence electrons. The molecule has 1 aromatic heterocycles. The number of hydrogen-bond donors (Lipinski definition) is 1. The fourth-order valence-corrected chi connectivity index (χ4v) is 3.48. The number of carbonyl (C=O) groups excluding carboxylic acids is 1. The van der Waals surface area contributed by atoms with Crippen molar-refractivity contribution in [1.29, 1.82) is 0 Å². The van der Waals surface area contributed by atoms with Gasteiger partial charge >= 0.3 is 0 Å². The third-order valence-electron chi connectivity index (χ3n) is 3.76. The van der Waals surface area contributed by atoms with Crippen molar-refractivity contribution in [3.05, 3.63) is 51.6 Å². The first kappa shape index (κ1) is 17.6. The van der Waals surface area contributed by atoms with Gasteiger partial charge in [-0.05, 0) is 18.6 Å². The lowest BCUT2D eigenvalue weighted by Gasteiger charge is -2.10. The van der Waals surface area contributed by atoms with Crippen molar-refractivity contribution in [3.63, 3.8) is 0 Å². The zero-order valence-corrected chi connectivity index (χ0v) is 15.0. The molecule has 0 unspecified atom stereocenters. The maximum Gasteiger partial charge on any atom is 0.274 e. The molecule has 0 atom stereocenters. The molecule has 0 spiro atoms. The Balaban J connectivity index is 1.98. The first-order valence-electron chi connectivity index (χ1n) is 7.52. The molecule has 0 radical (unpaired) electrons. The van der Waals surface area contributed by atoms with E-state index in [0.717, 1.165) is 16.9 Å². The van der Waals surface area contributed by atoms with Gasteiger partial charge in [0.05, 0.1) is 35.5 Å². The minimum Gasteiger partial charge on any atom is -0.496 e. The second-order valence-electron chi connectivity index (χ2n) is 5.38. The number of nitrogens with zero attached hydrogens (tertiary/aromatic N) is 2. The molecule has 0 aliphatic heterocycles. The number of aryl methyl sites for hydroxylation is 1. The lowest BCUT2D eigenvalue weighted by molar-refractivity contribution is -0.384. The molecule has 0 bridgehead atoms. The number of rotatable bonds is 5. The van der Waals surface area contributed by atoms with Gasteiger partial charge in [0.1, 0.15) is 11.3 Å². The van der Waals surface area contributed by atoms with Gasteiger partial charge in [-0.2, -0.15) is 0 Å². The number of fused-ring (bicyclic) bond motifs is 1. The van der Waals surface area contributed by atoms with Crippen molar-refractivity contribution in [2.75, 3.05) is 19.5 Å². The highest BCUT2D eigenvalue weighted by Crippen LogP contribution is 2.36. The topological polar surface area (TPSA) is 104 Å². The maximum atomic E-state index is 12.6. The number of methoxy groups -OCH3 is 2. The van der Waals surface area contributed by atoms with Gasteiger partial charge in [0.15, 0.2) is 10.9 Å². The summed E-state index contributed by atoms with van der Waals surface area (Å²) in [5.41, 5.74) is 1.57. The van der Waals surface area contributed by atoms with Crippen LogP contribution in [-0.4, -0.2) is 30.0 Å². The predicted octanol–water partition coefficient (Wildman–Crippen LogP) is 3.78. The van der Waals surface area contributed by atoms with E-state index in [1.807, 2.05) is 13.0 Å². The Hall–Kier alpha value is -3.20. The molecule has 0 fully saturated rings. The molecule has 2 aromatic carbocycles. The van der Waals surface area contributed by atoms with E-state index < -0.39 is 4.92 Å². The number of hydrogen-bond acceptors (Lipinski definition) is 7. The van der Waals surface area contributed by atoms with Crippen LogP contribution in [-0.2, 0) is 0 Å². The Morgan fingerprint density at radius 1 is 1.27 bits per heavy atom. The molecular weight excluding hydrogens is 358 g/mol. The standard InChI is InChI=1S/C17H15N3O5S/c1-9-5-4-6-11(15(9)25-3)16(21)19-17-18-14-12(24-2)7-10(20(22)23)8-13(14)26-17/h4-8H,1-3H3,(H,18,19,21). The third kappa shape index (κ3) is 3.16. The SMILES string of the molecule is COc1c(C)cccc1C(=O)Nc1nc2c(OC)cc([N+](=O)[O-])cc2s1. The number of nitrogens with one attached hydrogen (secondary N) is 1. The lowest BCUT2D eigenvalue weighted by Crippen LogP contribution is -2.13. The normalized spacial score (nSPS) is 10.6. The Morgan fingerprint density at radius 2 is 2.04 bits per heavy atom. The first-order valence-corrected chi connectivity index (χ1v) is 8.34. The minimum atomic E-state index is -0.502. The number of thiazole rings is 1. The second kappa shape index (κ2) is 6.96. The Morgan fingerprint density at radius 3 is 2.69 bits per heavy atom. The average molecular weight is 373 g/mol. The van der Waals surface area contributed by atoms with Crippen LogP contribution in [0.4, 0.5) is 10.8 Å². The van der Waals surface area contributed by atoms with E-state index in [-0.39, 0.29) is 17.3 Å². The molecule has 1 amide bonds. The van der Waals surface area contributed by atoms with Gasteiger partial charge in [0.2, 0.25) is 0 Å². The number of carbonyl (C=O) groups is 1. The van der Waals surface area contributed by atoms with Crippen LogP contribution in [0.5, 0.6) is 11.5 Å². The molecule has 1 N–H and O–H groups in total. The molecule has 3 aromatic rings. The average Bonchev–Trinajstić information content (AvgIpc) is 3.02. The molecule has 0 saturated carbocycles. The molecule has 0 saturated heterocycles. The molecule has 0 aliphatic carbocycles. The summed E-state index contributed by atoms with van der Waals surface area (Å²) < 4.78 is 11.0. The number of aromatic nitrogens is 1. The molecule has 0 aliphatic rings. The van der Waals surface area contributed by atoms with Crippen molar-refractivity contribution in [2.45, 2.75) is 6.92 Å². The molecule has 8 nitrogen and oxygen atoms in total. The highest BCUT2D eigenvalue weighted by Gasteiger charge is 2.19. The second-order valence-corrected chi connectivity index (χ2v) is 6.41. The van der Waals surface area contributed by atoms with Gasteiger partial charge in [0, 0.05) is 6.07 Å². The number of nitro benzene ring substituents is 1. The molecular formula is C17H15N3O5S. The van der Waals surface area contributed by atoms with Crippen LogP contribution in [0, 0.1) is 17.0 Å². The number of ether oxygens (including phenoxy) is 2. The summed E-state index contributed by atoms with van der Waals surface area (Å²) >= 11 is 1.13. The van der Waals surface area contributed by atoms with E-state index in [1.165, 1.54) is 26.4 Å². The Labute approximate surface area is 152 Å². The number of nitro groups is 1. The predicted molar refractivity (Wildman–Crippen MR) is 98.5 cm³/mol. The quantitative estimate of drug-likeness (QED) is 0.539. The number of anilines is 1. The largest absolute Gasteiger partial charge is 0.496 e. The fraction of sp³-hybridized carbons (Fsp3) is 0.176. The van der Waals surface area contributed by atoms with Crippen LogP contribution in [0.2, 0.25) is 0 Å². The number of para-hydroxylation sites is 1. The van der Waals surface area contributed by atoms with Crippen LogP contribution in [0.1, 0.15) is 15.9 Å². The maximum absolute atomic E-state index is 12.6. The van der Waals surface area contributed by atoms with Crippen LogP contribution in [0.15, 0.2) is 30.3 Å².